The fourth-order valence-electron chi connectivity index (χ4n) is 1.60. The topological polar surface area (TPSA) is 25.8 Å². The van der Waals surface area contributed by atoms with Crippen molar-refractivity contribution >= 4 is 49.0 Å². The van der Waals surface area contributed by atoms with Crippen LogP contribution in [-0.4, -0.2) is 9.97 Å². The summed E-state index contributed by atoms with van der Waals surface area (Å²) in [5.41, 5.74) is 0. The molecule has 0 unspecified atom stereocenters. The SMILES string of the molecule is Clc1ccnc(-c2sc3ccccc3c2Br)n1. The normalized spacial score (nSPS) is 10.9. The Labute approximate surface area is 115 Å². The average Bonchev–Trinajstić information content (AvgIpc) is 2.68. The third-order valence-corrected chi connectivity index (χ3v) is 4.82. The molecule has 1 aromatic carbocycles. The van der Waals surface area contributed by atoms with E-state index in [2.05, 4.69) is 38.0 Å². The lowest BCUT2D eigenvalue weighted by atomic mass is 10.2. The predicted octanol–water partition coefficient (Wildman–Crippen LogP) is 4.77. The van der Waals surface area contributed by atoms with E-state index in [1.54, 1.807) is 23.6 Å². The van der Waals surface area contributed by atoms with Gasteiger partial charge in [0.05, 0.1) is 4.88 Å². The van der Waals surface area contributed by atoms with Crippen LogP contribution in [0.15, 0.2) is 41.0 Å². The van der Waals surface area contributed by atoms with Gasteiger partial charge in [0, 0.05) is 20.8 Å². The third kappa shape index (κ3) is 1.97. The number of nitrogens with zero attached hydrogens (tertiary/aromatic N) is 2. The molecule has 0 aliphatic heterocycles. The van der Waals surface area contributed by atoms with Crippen molar-refractivity contribution < 1.29 is 0 Å². The van der Waals surface area contributed by atoms with Gasteiger partial charge < -0.3 is 0 Å². The van der Waals surface area contributed by atoms with Gasteiger partial charge in [-0.3, -0.25) is 0 Å². The van der Waals surface area contributed by atoms with Crippen LogP contribution in [0.2, 0.25) is 5.15 Å². The summed E-state index contributed by atoms with van der Waals surface area (Å²) in [7, 11) is 0. The summed E-state index contributed by atoms with van der Waals surface area (Å²) in [5, 5.41) is 1.63. The Kier molecular flexibility index (Phi) is 2.86. The lowest BCUT2D eigenvalue weighted by Crippen LogP contribution is -1.85. The molecule has 0 N–H and O–H groups in total. The van der Waals surface area contributed by atoms with Crippen molar-refractivity contribution in [2.24, 2.45) is 0 Å². The maximum absolute atomic E-state index is 5.88. The van der Waals surface area contributed by atoms with Crippen molar-refractivity contribution in [1.82, 2.24) is 9.97 Å². The Bertz CT molecular complexity index is 696. The molecule has 2 aromatic heterocycles. The molecule has 0 aliphatic rings. The van der Waals surface area contributed by atoms with Crippen molar-refractivity contribution in [3.05, 3.63) is 46.2 Å². The number of aromatic nitrogens is 2. The van der Waals surface area contributed by atoms with Gasteiger partial charge in [0.1, 0.15) is 5.15 Å². The van der Waals surface area contributed by atoms with E-state index in [1.165, 1.54) is 10.1 Å². The van der Waals surface area contributed by atoms with Crippen LogP contribution in [0.1, 0.15) is 0 Å². The van der Waals surface area contributed by atoms with Crippen LogP contribution >= 0.6 is 38.9 Å². The number of thiophene rings is 1. The summed E-state index contributed by atoms with van der Waals surface area (Å²) < 4.78 is 2.23. The molecule has 0 saturated carbocycles. The second kappa shape index (κ2) is 4.37. The van der Waals surface area contributed by atoms with Gasteiger partial charge in [-0.2, -0.15) is 0 Å². The number of hydrogen-bond acceptors (Lipinski definition) is 3. The van der Waals surface area contributed by atoms with Gasteiger partial charge in [-0.25, -0.2) is 9.97 Å². The molecular formula is C12H6BrClN2S. The van der Waals surface area contributed by atoms with E-state index in [0.29, 0.717) is 11.0 Å². The molecule has 0 aliphatic carbocycles. The summed E-state index contributed by atoms with van der Waals surface area (Å²) in [6.45, 7) is 0. The Balaban J connectivity index is 2.27. The Morgan fingerprint density at radius 2 is 2.00 bits per heavy atom. The van der Waals surface area contributed by atoms with E-state index >= 15 is 0 Å². The molecule has 2 nitrogen and oxygen atoms in total. The minimum atomic E-state index is 0.458. The Morgan fingerprint density at radius 1 is 1.18 bits per heavy atom. The number of benzene rings is 1. The molecule has 0 atom stereocenters. The fourth-order valence-corrected chi connectivity index (χ4v) is 3.67. The highest BCUT2D eigenvalue weighted by Crippen LogP contribution is 2.40. The van der Waals surface area contributed by atoms with E-state index in [-0.39, 0.29) is 0 Å². The molecule has 0 amide bonds. The van der Waals surface area contributed by atoms with E-state index in [1.807, 2.05) is 12.1 Å². The summed E-state index contributed by atoms with van der Waals surface area (Å²) in [6.07, 6.45) is 1.67. The highest BCUT2D eigenvalue weighted by molar-refractivity contribution is 9.10. The number of fused-ring (bicyclic) bond motifs is 1. The highest BCUT2D eigenvalue weighted by Gasteiger charge is 2.13. The average molecular weight is 326 g/mol. The first-order valence-corrected chi connectivity index (χ1v) is 6.90. The van der Waals surface area contributed by atoms with Crippen molar-refractivity contribution in [1.29, 1.82) is 0 Å². The Morgan fingerprint density at radius 3 is 2.76 bits per heavy atom. The highest BCUT2D eigenvalue weighted by atomic mass is 79.9. The van der Waals surface area contributed by atoms with Gasteiger partial charge in [0.15, 0.2) is 5.82 Å². The number of halogens is 2. The Hall–Kier alpha value is -0.970. The van der Waals surface area contributed by atoms with Crippen molar-refractivity contribution in [2.75, 3.05) is 0 Å². The minimum absolute atomic E-state index is 0.458. The molecule has 0 saturated heterocycles. The third-order valence-electron chi connectivity index (χ3n) is 2.36. The molecular weight excluding hydrogens is 320 g/mol. The summed E-state index contributed by atoms with van der Waals surface area (Å²) in [5.74, 6) is 0.658. The van der Waals surface area contributed by atoms with Crippen LogP contribution < -0.4 is 0 Å². The van der Waals surface area contributed by atoms with Crippen molar-refractivity contribution in [3.63, 3.8) is 0 Å². The van der Waals surface area contributed by atoms with E-state index in [4.69, 9.17) is 11.6 Å². The monoisotopic (exact) mass is 324 g/mol. The molecule has 84 valence electrons. The van der Waals surface area contributed by atoms with Crippen LogP contribution in [0, 0.1) is 0 Å². The van der Waals surface area contributed by atoms with Gasteiger partial charge in [-0.15, -0.1) is 11.3 Å². The van der Waals surface area contributed by atoms with Crippen molar-refractivity contribution in [2.45, 2.75) is 0 Å². The molecule has 2 heterocycles. The zero-order chi connectivity index (χ0) is 11.8. The standard InChI is InChI=1S/C12H6BrClN2S/c13-10-7-3-1-2-4-8(7)17-11(10)12-15-6-5-9(14)16-12/h1-6H. The lowest BCUT2D eigenvalue weighted by molar-refractivity contribution is 1.18. The summed E-state index contributed by atoms with van der Waals surface area (Å²) in [6, 6.07) is 9.87. The minimum Gasteiger partial charge on any atom is -0.236 e. The second-order valence-corrected chi connectivity index (χ2v) is 5.68. The first-order valence-electron chi connectivity index (χ1n) is 4.91. The van der Waals surface area contributed by atoms with Crippen LogP contribution in [0.25, 0.3) is 20.8 Å². The lowest BCUT2D eigenvalue weighted by Gasteiger charge is -1.96. The van der Waals surface area contributed by atoms with E-state index in [0.717, 1.165) is 9.35 Å². The van der Waals surface area contributed by atoms with Gasteiger partial charge in [0.25, 0.3) is 0 Å². The molecule has 17 heavy (non-hydrogen) atoms. The summed E-state index contributed by atoms with van der Waals surface area (Å²) >= 11 is 11.1. The van der Waals surface area contributed by atoms with Gasteiger partial charge in [0.2, 0.25) is 0 Å². The maximum Gasteiger partial charge on any atom is 0.172 e. The van der Waals surface area contributed by atoms with Crippen LogP contribution in [0.3, 0.4) is 0 Å². The van der Waals surface area contributed by atoms with E-state index in [9.17, 15) is 0 Å². The largest absolute Gasteiger partial charge is 0.236 e. The van der Waals surface area contributed by atoms with Gasteiger partial charge >= 0.3 is 0 Å². The van der Waals surface area contributed by atoms with E-state index < -0.39 is 0 Å². The fraction of sp³-hybridized carbons (Fsp3) is 0. The predicted molar refractivity (Wildman–Crippen MR) is 75.6 cm³/mol. The molecule has 0 fully saturated rings. The van der Waals surface area contributed by atoms with Gasteiger partial charge in [-0.1, -0.05) is 29.8 Å². The quantitative estimate of drug-likeness (QED) is 0.602. The first-order chi connectivity index (χ1) is 8.25. The zero-order valence-corrected chi connectivity index (χ0v) is 11.7. The molecule has 0 radical (unpaired) electrons. The number of hydrogen-bond donors (Lipinski definition) is 0. The molecule has 0 bridgehead atoms. The zero-order valence-electron chi connectivity index (χ0n) is 8.52. The smallest absolute Gasteiger partial charge is 0.172 e. The second-order valence-electron chi connectivity index (χ2n) is 3.44. The first kappa shape index (κ1) is 11.1. The summed E-state index contributed by atoms with van der Waals surface area (Å²) in [4.78, 5) is 9.49. The molecule has 3 rings (SSSR count). The van der Waals surface area contributed by atoms with Gasteiger partial charge in [-0.05, 0) is 28.1 Å². The van der Waals surface area contributed by atoms with Crippen LogP contribution in [0.5, 0.6) is 0 Å². The van der Waals surface area contributed by atoms with Crippen LogP contribution in [0.4, 0.5) is 0 Å². The molecule has 5 heteroatoms. The van der Waals surface area contributed by atoms with Crippen molar-refractivity contribution in [3.8, 4) is 10.7 Å². The molecule has 3 aromatic rings. The van der Waals surface area contributed by atoms with Crippen LogP contribution in [-0.2, 0) is 0 Å². The maximum atomic E-state index is 5.88. The molecule has 0 spiro atoms. The number of rotatable bonds is 1.